The van der Waals surface area contributed by atoms with Crippen molar-refractivity contribution in [3.05, 3.63) is 83.8 Å². The van der Waals surface area contributed by atoms with Crippen LogP contribution in [-0.2, 0) is 22.7 Å². The smallest absolute Gasteiger partial charge is 0.260 e. The van der Waals surface area contributed by atoms with Gasteiger partial charge in [0, 0.05) is 70.7 Å². The van der Waals surface area contributed by atoms with Gasteiger partial charge in [0.2, 0.25) is 6.41 Å². The van der Waals surface area contributed by atoms with Crippen molar-refractivity contribution >= 4 is 18.1 Å². The fourth-order valence-corrected chi connectivity index (χ4v) is 5.98. The van der Waals surface area contributed by atoms with Gasteiger partial charge in [0.1, 0.15) is 11.6 Å². The van der Waals surface area contributed by atoms with Gasteiger partial charge in [-0.1, -0.05) is 6.07 Å². The minimum atomic E-state index is -1.90. The molecule has 1 atom stereocenters. The molecule has 2 fully saturated rings. The maximum absolute atomic E-state index is 16.0. The van der Waals surface area contributed by atoms with Gasteiger partial charge in [0.15, 0.2) is 5.67 Å². The summed E-state index contributed by atoms with van der Waals surface area (Å²) in [5.41, 5.74) is 6.33. The average Bonchev–Trinajstić information content (AvgIpc) is 2.99. The Morgan fingerprint density at radius 1 is 1.07 bits per heavy atom. The predicted molar refractivity (Wildman–Crippen MR) is 149 cm³/mol. The highest BCUT2D eigenvalue weighted by Gasteiger charge is 2.45. The van der Waals surface area contributed by atoms with Gasteiger partial charge in [-0.05, 0) is 60.2 Å². The van der Waals surface area contributed by atoms with Gasteiger partial charge in [-0.3, -0.25) is 24.5 Å². The summed E-state index contributed by atoms with van der Waals surface area (Å²) in [5, 5.41) is 0. The molecule has 2 saturated heterocycles. The number of hydrogen-bond acceptors (Lipinski definition) is 7. The zero-order valence-electron chi connectivity index (χ0n) is 22.9. The van der Waals surface area contributed by atoms with Gasteiger partial charge in [-0.15, -0.1) is 0 Å². The van der Waals surface area contributed by atoms with E-state index in [9.17, 15) is 14.0 Å². The number of carbonyl (C=O) groups is 2. The molecule has 9 nitrogen and oxygen atoms in total. The van der Waals surface area contributed by atoms with Crippen LogP contribution in [0.25, 0.3) is 0 Å². The number of likely N-dealkylation sites (tertiary alicyclic amines) is 2. The van der Waals surface area contributed by atoms with Crippen molar-refractivity contribution in [3.8, 4) is 0 Å². The van der Waals surface area contributed by atoms with E-state index in [0.717, 1.165) is 23.7 Å². The molecule has 0 aromatic carbocycles. The van der Waals surface area contributed by atoms with Crippen molar-refractivity contribution in [1.29, 1.82) is 0 Å². The molecule has 5 rings (SSSR count). The molecule has 0 aliphatic carbocycles. The van der Waals surface area contributed by atoms with Crippen molar-refractivity contribution in [2.24, 2.45) is 5.92 Å². The maximum atomic E-state index is 16.0. The minimum Gasteiger partial charge on any atom is -0.384 e. The van der Waals surface area contributed by atoms with E-state index in [1.165, 1.54) is 6.07 Å². The lowest BCUT2D eigenvalue weighted by atomic mass is 9.84. The van der Waals surface area contributed by atoms with Crippen LogP contribution in [0.4, 0.5) is 14.6 Å². The Hall–Kier alpha value is -3.99. The summed E-state index contributed by atoms with van der Waals surface area (Å²) < 4.78 is 29.6. The SMILES string of the molecule is Nc1cc(CN2CCC(F)(C(=O)N3CCC(C(c4ccc(F)cn4)N(C=O)Cc4cccnc4)CC3)CC2)ccn1. The number of nitrogens with zero attached hydrogens (tertiary/aromatic N) is 6. The number of piperidine rings is 2. The van der Waals surface area contributed by atoms with E-state index in [1.54, 1.807) is 40.5 Å². The summed E-state index contributed by atoms with van der Waals surface area (Å²) >= 11 is 0. The topological polar surface area (TPSA) is 109 Å². The number of amides is 2. The Bertz CT molecular complexity index is 1310. The van der Waals surface area contributed by atoms with Crippen LogP contribution in [0.2, 0.25) is 0 Å². The molecule has 2 aliphatic heterocycles. The van der Waals surface area contributed by atoms with Crippen LogP contribution >= 0.6 is 0 Å². The standard InChI is InChI=1S/C30H35F2N7O2/c31-25-3-4-26(36-18-25)28(39(21-40)20-23-2-1-10-34-17-23)24-6-12-38(13-7-24)29(41)30(32)8-14-37(15-9-30)19-22-5-11-35-27(33)16-22/h1-5,10-11,16-18,21,24,28H,6-9,12-15,19-20H2,(H2,33,35). The third kappa shape index (κ3) is 6.84. The Balaban J connectivity index is 1.22. The lowest BCUT2D eigenvalue weighted by Gasteiger charge is -2.42. The minimum absolute atomic E-state index is 0.0379. The first-order chi connectivity index (χ1) is 19.8. The number of nitrogen functional groups attached to an aromatic ring is 1. The Morgan fingerprint density at radius 3 is 2.49 bits per heavy atom. The second-order valence-corrected chi connectivity index (χ2v) is 10.9. The number of anilines is 1. The summed E-state index contributed by atoms with van der Waals surface area (Å²) in [7, 11) is 0. The molecule has 3 aromatic rings. The van der Waals surface area contributed by atoms with Crippen LogP contribution in [0.5, 0.6) is 0 Å². The first-order valence-electron chi connectivity index (χ1n) is 14.0. The lowest BCUT2D eigenvalue weighted by Crippen LogP contribution is -2.54. The summed E-state index contributed by atoms with van der Waals surface area (Å²) in [6.45, 7) is 2.66. The molecule has 3 aromatic heterocycles. The van der Waals surface area contributed by atoms with Crippen LogP contribution in [0, 0.1) is 11.7 Å². The van der Waals surface area contributed by atoms with E-state index in [0.29, 0.717) is 63.6 Å². The zero-order chi connectivity index (χ0) is 28.8. The molecule has 0 radical (unpaired) electrons. The van der Waals surface area contributed by atoms with Crippen LogP contribution in [0.15, 0.2) is 61.2 Å². The summed E-state index contributed by atoms with van der Waals surface area (Å²) in [6, 6.07) is 9.91. The number of nitrogens with two attached hydrogens (primary N) is 1. The Morgan fingerprint density at radius 2 is 1.85 bits per heavy atom. The molecule has 2 N–H and O–H groups in total. The summed E-state index contributed by atoms with van der Waals surface area (Å²) in [5.74, 6) is -0.502. The van der Waals surface area contributed by atoms with Crippen molar-refractivity contribution in [3.63, 3.8) is 0 Å². The molecule has 0 spiro atoms. The number of halogens is 2. The van der Waals surface area contributed by atoms with Gasteiger partial charge >= 0.3 is 0 Å². The molecular weight excluding hydrogens is 528 g/mol. The van der Waals surface area contributed by atoms with E-state index in [-0.39, 0.29) is 18.8 Å². The number of rotatable bonds is 9. The molecule has 2 aliphatic rings. The average molecular weight is 564 g/mol. The molecule has 41 heavy (non-hydrogen) atoms. The number of carbonyl (C=O) groups excluding carboxylic acids is 2. The highest BCUT2D eigenvalue weighted by atomic mass is 19.1. The van der Waals surface area contributed by atoms with E-state index < -0.39 is 23.4 Å². The number of alkyl halides is 1. The van der Waals surface area contributed by atoms with Gasteiger partial charge in [-0.2, -0.15) is 0 Å². The molecule has 1 unspecified atom stereocenters. The quantitative estimate of drug-likeness (QED) is 0.397. The fraction of sp³-hybridized carbons (Fsp3) is 0.433. The number of hydrogen-bond donors (Lipinski definition) is 1. The molecule has 216 valence electrons. The number of aromatic nitrogens is 3. The van der Waals surface area contributed by atoms with Crippen molar-refractivity contribution in [2.75, 3.05) is 31.9 Å². The zero-order valence-corrected chi connectivity index (χ0v) is 22.9. The maximum Gasteiger partial charge on any atom is 0.260 e. The molecule has 0 bridgehead atoms. The Labute approximate surface area is 238 Å². The molecule has 2 amide bonds. The van der Waals surface area contributed by atoms with Crippen LogP contribution in [-0.4, -0.2) is 73.8 Å². The van der Waals surface area contributed by atoms with E-state index in [2.05, 4.69) is 19.9 Å². The van der Waals surface area contributed by atoms with E-state index in [1.807, 2.05) is 18.2 Å². The van der Waals surface area contributed by atoms with Crippen molar-refractivity contribution in [1.82, 2.24) is 29.7 Å². The van der Waals surface area contributed by atoms with Crippen molar-refractivity contribution in [2.45, 2.75) is 50.5 Å². The molecular formula is C30H35F2N7O2. The Kier molecular flexibility index (Phi) is 8.82. The monoisotopic (exact) mass is 563 g/mol. The van der Waals surface area contributed by atoms with Gasteiger partial charge in [0.25, 0.3) is 5.91 Å². The first kappa shape index (κ1) is 28.5. The summed E-state index contributed by atoms with van der Waals surface area (Å²) in [6.07, 6.45) is 8.37. The second-order valence-electron chi connectivity index (χ2n) is 10.9. The van der Waals surface area contributed by atoms with Crippen molar-refractivity contribution < 1.29 is 18.4 Å². The van der Waals surface area contributed by atoms with Crippen LogP contribution < -0.4 is 5.73 Å². The molecule has 5 heterocycles. The van der Waals surface area contributed by atoms with E-state index >= 15 is 4.39 Å². The first-order valence-corrected chi connectivity index (χ1v) is 14.0. The molecule has 11 heteroatoms. The van der Waals surface area contributed by atoms with Gasteiger partial charge in [-0.25, -0.2) is 13.8 Å². The van der Waals surface area contributed by atoms with E-state index in [4.69, 9.17) is 5.73 Å². The third-order valence-electron chi connectivity index (χ3n) is 8.19. The van der Waals surface area contributed by atoms with Gasteiger partial charge < -0.3 is 15.5 Å². The summed E-state index contributed by atoms with van der Waals surface area (Å²) in [4.78, 5) is 43.5. The highest BCUT2D eigenvalue weighted by Crippen LogP contribution is 2.37. The predicted octanol–water partition coefficient (Wildman–Crippen LogP) is 3.54. The molecule has 0 saturated carbocycles. The van der Waals surface area contributed by atoms with Crippen LogP contribution in [0.3, 0.4) is 0 Å². The fourth-order valence-electron chi connectivity index (χ4n) is 5.98. The largest absolute Gasteiger partial charge is 0.384 e. The normalized spacial score (nSPS) is 18.5. The highest BCUT2D eigenvalue weighted by molar-refractivity contribution is 5.85. The second kappa shape index (κ2) is 12.7. The van der Waals surface area contributed by atoms with Crippen LogP contribution in [0.1, 0.15) is 48.5 Å². The van der Waals surface area contributed by atoms with Gasteiger partial charge in [0.05, 0.1) is 17.9 Å². The number of pyridine rings is 3. The third-order valence-corrected chi connectivity index (χ3v) is 8.19. The lowest BCUT2D eigenvalue weighted by molar-refractivity contribution is -0.149.